The van der Waals surface area contributed by atoms with Crippen LogP contribution in [0.3, 0.4) is 0 Å². The van der Waals surface area contributed by atoms with Gasteiger partial charge in [-0.2, -0.15) is 5.10 Å². The van der Waals surface area contributed by atoms with Crippen molar-refractivity contribution in [2.45, 2.75) is 50.7 Å². The lowest BCUT2D eigenvalue weighted by Crippen LogP contribution is -2.45. The summed E-state index contributed by atoms with van der Waals surface area (Å²) in [6.45, 7) is 2.98. The van der Waals surface area contributed by atoms with E-state index in [-0.39, 0.29) is 0 Å². The molecule has 1 unspecified atom stereocenters. The Morgan fingerprint density at radius 1 is 1.36 bits per heavy atom. The van der Waals surface area contributed by atoms with E-state index in [0.29, 0.717) is 12.6 Å². The molecule has 2 fully saturated rings. The number of nitrogens with zero attached hydrogens (tertiary/aromatic N) is 5. The zero-order chi connectivity index (χ0) is 15.4. The van der Waals surface area contributed by atoms with Crippen LogP contribution in [0, 0.1) is 0 Å². The minimum absolute atomic E-state index is 0.492. The van der Waals surface area contributed by atoms with E-state index in [1.807, 2.05) is 14.1 Å². The highest BCUT2D eigenvalue weighted by atomic mass is 15.3. The average Bonchev–Trinajstić information content (AvgIpc) is 3.25. The summed E-state index contributed by atoms with van der Waals surface area (Å²) in [5, 5.41) is 10.9. The number of rotatable bonds is 4. The summed E-state index contributed by atoms with van der Waals surface area (Å²) in [6, 6.07) is 1.31. The number of hydrogen-bond donors (Lipinski definition) is 2. The van der Waals surface area contributed by atoms with Gasteiger partial charge in [0, 0.05) is 39.3 Å². The lowest BCUT2D eigenvalue weighted by atomic mass is 10.2. The Labute approximate surface area is 132 Å². The average molecular weight is 305 g/mol. The Hall–Kier alpha value is -1.63. The van der Waals surface area contributed by atoms with Crippen LogP contribution in [0.4, 0.5) is 0 Å². The molecule has 1 atom stereocenters. The molecule has 0 aromatic carbocycles. The molecular formula is C15H27N7. The smallest absolute Gasteiger partial charge is 0.191 e. The maximum atomic E-state index is 4.32. The van der Waals surface area contributed by atoms with E-state index in [0.717, 1.165) is 24.4 Å². The summed E-state index contributed by atoms with van der Waals surface area (Å²) in [6.07, 6.45) is 8.34. The highest BCUT2D eigenvalue weighted by molar-refractivity contribution is 5.79. The van der Waals surface area contributed by atoms with Crippen molar-refractivity contribution in [2.24, 2.45) is 12.0 Å². The van der Waals surface area contributed by atoms with Crippen LogP contribution in [-0.2, 0) is 13.6 Å². The van der Waals surface area contributed by atoms with Crippen molar-refractivity contribution in [1.82, 2.24) is 30.3 Å². The molecule has 22 heavy (non-hydrogen) atoms. The second-order valence-corrected chi connectivity index (χ2v) is 6.29. The van der Waals surface area contributed by atoms with Gasteiger partial charge in [0.1, 0.15) is 12.2 Å². The molecule has 2 N–H and O–H groups in total. The summed E-state index contributed by atoms with van der Waals surface area (Å²) < 4.78 is 1.78. The Bertz CT molecular complexity index is 504. The van der Waals surface area contributed by atoms with Crippen molar-refractivity contribution in [3.05, 3.63) is 12.2 Å². The summed E-state index contributed by atoms with van der Waals surface area (Å²) in [4.78, 5) is 11.2. The fourth-order valence-electron chi connectivity index (χ4n) is 3.54. The highest BCUT2D eigenvalue weighted by Crippen LogP contribution is 2.26. The molecule has 1 aromatic rings. The zero-order valence-electron chi connectivity index (χ0n) is 13.6. The first kappa shape index (κ1) is 15.3. The fraction of sp³-hybridized carbons (Fsp3) is 0.800. The fourth-order valence-corrected chi connectivity index (χ4v) is 3.54. The van der Waals surface area contributed by atoms with Crippen molar-refractivity contribution >= 4 is 5.96 Å². The summed E-state index contributed by atoms with van der Waals surface area (Å²) >= 11 is 0. The molecule has 1 saturated heterocycles. The van der Waals surface area contributed by atoms with Crippen molar-refractivity contribution in [3.63, 3.8) is 0 Å². The van der Waals surface area contributed by atoms with E-state index in [9.17, 15) is 0 Å². The number of nitrogens with one attached hydrogen (secondary N) is 2. The third-order valence-electron chi connectivity index (χ3n) is 4.84. The molecule has 7 nitrogen and oxygen atoms in total. The molecular weight excluding hydrogens is 278 g/mol. The zero-order valence-corrected chi connectivity index (χ0v) is 13.6. The first-order valence-corrected chi connectivity index (χ1v) is 8.30. The van der Waals surface area contributed by atoms with Crippen molar-refractivity contribution in [1.29, 1.82) is 0 Å². The van der Waals surface area contributed by atoms with E-state index in [4.69, 9.17) is 0 Å². The van der Waals surface area contributed by atoms with Gasteiger partial charge < -0.3 is 10.6 Å². The molecule has 1 aliphatic carbocycles. The molecule has 0 spiro atoms. The molecule has 3 rings (SSSR count). The molecule has 1 saturated carbocycles. The van der Waals surface area contributed by atoms with Gasteiger partial charge in [-0.1, -0.05) is 12.8 Å². The van der Waals surface area contributed by atoms with Gasteiger partial charge in [0.05, 0.1) is 6.54 Å². The summed E-state index contributed by atoms with van der Waals surface area (Å²) in [5.74, 6) is 1.75. The van der Waals surface area contributed by atoms with Gasteiger partial charge in [0.2, 0.25) is 0 Å². The lowest BCUT2D eigenvalue weighted by Gasteiger charge is -2.24. The van der Waals surface area contributed by atoms with Crippen LogP contribution in [0.25, 0.3) is 0 Å². The van der Waals surface area contributed by atoms with Gasteiger partial charge >= 0.3 is 0 Å². The van der Waals surface area contributed by atoms with Crippen molar-refractivity contribution < 1.29 is 0 Å². The third kappa shape index (κ3) is 3.58. The summed E-state index contributed by atoms with van der Waals surface area (Å²) in [5.41, 5.74) is 0. The molecule has 122 valence electrons. The number of aliphatic imine (C=N–C) groups is 1. The van der Waals surface area contributed by atoms with Crippen LogP contribution < -0.4 is 10.6 Å². The van der Waals surface area contributed by atoms with Crippen LogP contribution in [-0.4, -0.2) is 57.8 Å². The second-order valence-electron chi connectivity index (χ2n) is 6.29. The monoisotopic (exact) mass is 305 g/mol. The molecule has 2 aliphatic rings. The predicted octanol–water partition coefficient (Wildman–Crippen LogP) is 0.497. The quantitative estimate of drug-likeness (QED) is 0.626. The molecule has 1 aromatic heterocycles. The molecule has 7 heteroatoms. The minimum Gasteiger partial charge on any atom is -0.352 e. The maximum absolute atomic E-state index is 4.32. The van der Waals surface area contributed by atoms with Gasteiger partial charge in [-0.05, 0) is 19.3 Å². The van der Waals surface area contributed by atoms with Crippen LogP contribution >= 0.6 is 0 Å². The number of guanidine groups is 1. The third-order valence-corrected chi connectivity index (χ3v) is 4.84. The number of hydrogen-bond acceptors (Lipinski definition) is 4. The largest absolute Gasteiger partial charge is 0.352 e. The Morgan fingerprint density at radius 2 is 2.18 bits per heavy atom. The Balaban J connectivity index is 1.46. The topological polar surface area (TPSA) is 70.4 Å². The first-order chi connectivity index (χ1) is 10.8. The number of likely N-dealkylation sites (tertiary alicyclic amines) is 1. The normalized spacial score (nSPS) is 24.1. The lowest BCUT2D eigenvalue weighted by molar-refractivity contribution is 0.242. The molecule has 0 amide bonds. The van der Waals surface area contributed by atoms with Gasteiger partial charge in [-0.3, -0.25) is 14.6 Å². The van der Waals surface area contributed by atoms with Crippen LogP contribution in [0.1, 0.15) is 37.9 Å². The van der Waals surface area contributed by atoms with Crippen LogP contribution in [0.5, 0.6) is 0 Å². The first-order valence-electron chi connectivity index (χ1n) is 8.30. The van der Waals surface area contributed by atoms with Crippen LogP contribution in [0.15, 0.2) is 11.3 Å². The van der Waals surface area contributed by atoms with E-state index < -0.39 is 0 Å². The predicted molar refractivity (Wildman–Crippen MR) is 86.6 cm³/mol. The highest BCUT2D eigenvalue weighted by Gasteiger charge is 2.30. The van der Waals surface area contributed by atoms with E-state index in [1.165, 1.54) is 38.6 Å². The Kier molecular flexibility index (Phi) is 4.92. The standard InChI is InChI=1S/C15H27N7/c1-16-15(17-9-14-18-11-19-21(14)2)20-12-7-8-22(10-12)13-5-3-4-6-13/h11-13H,3-10H2,1-2H3,(H2,16,17,20). The SMILES string of the molecule is CN=C(NCc1ncnn1C)NC1CCN(C2CCCC2)C1. The van der Waals surface area contributed by atoms with Gasteiger partial charge in [-0.25, -0.2) is 4.98 Å². The van der Waals surface area contributed by atoms with Gasteiger partial charge in [0.25, 0.3) is 0 Å². The van der Waals surface area contributed by atoms with Crippen molar-refractivity contribution in [2.75, 3.05) is 20.1 Å². The number of aryl methyl sites for hydroxylation is 1. The van der Waals surface area contributed by atoms with E-state index in [1.54, 1.807) is 11.0 Å². The van der Waals surface area contributed by atoms with Crippen LogP contribution in [0.2, 0.25) is 0 Å². The Morgan fingerprint density at radius 3 is 2.86 bits per heavy atom. The van der Waals surface area contributed by atoms with Gasteiger partial charge in [-0.15, -0.1) is 0 Å². The minimum atomic E-state index is 0.492. The van der Waals surface area contributed by atoms with Crippen molar-refractivity contribution in [3.8, 4) is 0 Å². The maximum Gasteiger partial charge on any atom is 0.191 e. The van der Waals surface area contributed by atoms with Gasteiger partial charge in [0.15, 0.2) is 5.96 Å². The summed E-state index contributed by atoms with van der Waals surface area (Å²) in [7, 11) is 3.71. The number of aromatic nitrogens is 3. The molecule has 2 heterocycles. The molecule has 0 radical (unpaired) electrons. The van der Waals surface area contributed by atoms with E-state index >= 15 is 0 Å². The van der Waals surface area contributed by atoms with E-state index in [2.05, 4.69) is 30.6 Å². The second kappa shape index (κ2) is 7.09. The molecule has 0 bridgehead atoms. The molecule has 1 aliphatic heterocycles.